The van der Waals surface area contributed by atoms with Gasteiger partial charge in [-0.25, -0.2) is 0 Å². The second-order valence-corrected chi connectivity index (χ2v) is 3.37. The fourth-order valence-electron chi connectivity index (χ4n) is 1.31. The van der Waals surface area contributed by atoms with Crippen LogP contribution in [0.2, 0.25) is 6.32 Å². The molecular weight excluding hydrogens is 151 g/mol. The summed E-state index contributed by atoms with van der Waals surface area (Å²) in [5, 5.41) is 0. The predicted octanol–water partition coefficient (Wildman–Crippen LogP) is 2.27. The van der Waals surface area contributed by atoms with E-state index in [1.165, 1.54) is 18.4 Å². The van der Waals surface area contributed by atoms with Gasteiger partial charge < -0.3 is 9.31 Å². The summed E-state index contributed by atoms with van der Waals surface area (Å²) in [5.41, 5.74) is 1.27. The summed E-state index contributed by atoms with van der Waals surface area (Å²) in [4.78, 5) is 0. The van der Waals surface area contributed by atoms with Crippen molar-refractivity contribution in [3.05, 3.63) is 12.2 Å². The molecule has 0 aromatic carbocycles. The quantitative estimate of drug-likeness (QED) is 0.356. The van der Waals surface area contributed by atoms with Crippen LogP contribution < -0.4 is 0 Å². The minimum Gasteiger partial charge on any atom is -0.409 e. The lowest BCUT2D eigenvalue weighted by Gasteiger charge is -2.02. The Kier molecular flexibility index (Phi) is 4.40. The smallest absolute Gasteiger partial charge is 0.409 e. The Morgan fingerprint density at radius 1 is 1.33 bits per heavy atom. The predicted molar refractivity (Wildman–Crippen MR) is 51.1 cm³/mol. The van der Waals surface area contributed by atoms with E-state index < -0.39 is 0 Å². The molecule has 0 N–H and O–H groups in total. The lowest BCUT2D eigenvalue weighted by molar-refractivity contribution is 0.365. The zero-order chi connectivity index (χ0) is 8.81. The van der Waals surface area contributed by atoms with Gasteiger partial charge in [-0.15, -0.1) is 6.58 Å². The molecule has 1 saturated heterocycles. The Labute approximate surface area is 75.1 Å². The molecular formula is C9H17BO2. The van der Waals surface area contributed by atoms with Crippen molar-refractivity contribution in [1.82, 2.24) is 0 Å². The van der Waals surface area contributed by atoms with Crippen molar-refractivity contribution in [3.63, 3.8) is 0 Å². The first-order valence-corrected chi connectivity index (χ1v) is 4.66. The van der Waals surface area contributed by atoms with Crippen LogP contribution in [0.3, 0.4) is 0 Å². The number of rotatable bonds is 5. The van der Waals surface area contributed by atoms with Gasteiger partial charge in [-0.1, -0.05) is 18.4 Å². The second-order valence-electron chi connectivity index (χ2n) is 3.37. The Hall–Kier alpha value is -0.275. The Bertz CT molecular complexity index is 141. The van der Waals surface area contributed by atoms with Gasteiger partial charge in [-0.05, 0) is 19.7 Å². The molecule has 0 aromatic rings. The van der Waals surface area contributed by atoms with Crippen LogP contribution in [0, 0.1) is 0 Å². The van der Waals surface area contributed by atoms with Crippen LogP contribution in [-0.4, -0.2) is 20.3 Å². The van der Waals surface area contributed by atoms with Crippen LogP contribution in [-0.2, 0) is 9.31 Å². The molecule has 0 bridgehead atoms. The molecule has 0 amide bonds. The van der Waals surface area contributed by atoms with Crippen molar-refractivity contribution < 1.29 is 9.31 Å². The molecule has 0 saturated carbocycles. The van der Waals surface area contributed by atoms with Crippen LogP contribution in [0.5, 0.6) is 0 Å². The molecule has 0 radical (unpaired) electrons. The molecule has 12 heavy (non-hydrogen) atoms. The van der Waals surface area contributed by atoms with Gasteiger partial charge in [0.15, 0.2) is 0 Å². The van der Waals surface area contributed by atoms with Crippen LogP contribution in [0.1, 0.15) is 26.2 Å². The first-order valence-electron chi connectivity index (χ1n) is 4.66. The summed E-state index contributed by atoms with van der Waals surface area (Å²) >= 11 is 0. The van der Waals surface area contributed by atoms with E-state index in [-0.39, 0.29) is 7.12 Å². The van der Waals surface area contributed by atoms with E-state index in [0.29, 0.717) is 0 Å². The van der Waals surface area contributed by atoms with Gasteiger partial charge in [0, 0.05) is 0 Å². The first kappa shape index (κ1) is 9.81. The minimum atomic E-state index is 0.0788. The maximum Gasteiger partial charge on any atom is 0.457 e. The van der Waals surface area contributed by atoms with E-state index in [4.69, 9.17) is 9.31 Å². The van der Waals surface area contributed by atoms with E-state index in [2.05, 4.69) is 13.5 Å². The molecule has 0 aromatic heterocycles. The highest BCUT2D eigenvalue weighted by molar-refractivity contribution is 6.44. The average molecular weight is 168 g/mol. The van der Waals surface area contributed by atoms with Crippen molar-refractivity contribution in [3.8, 4) is 0 Å². The molecule has 3 heteroatoms. The second kappa shape index (κ2) is 5.38. The molecule has 0 atom stereocenters. The fourth-order valence-corrected chi connectivity index (χ4v) is 1.31. The molecule has 1 aliphatic heterocycles. The third-order valence-electron chi connectivity index (χ3n) is 1.98. The van der Waals surface area contributed by atoms with Crippen LogP contribution in [0.15, 0.2) is 12.2 Å². The standard InChI is InChI=1S/C9H17BO2/c1-9(2)5-3-4-6-10-11-7-8-12-10/h1,3-8H2,2H3. The highest BCUT2D eigenvalue weighted by Gasteiger charge is 2.22. The summed E-state index contributed by atoms with van der Waals surface area (Å²) in [6.07, 6.45) is 4.55. The van der Waals surface area contributed by atoms with Crippen LogP contribution in [0.4, 0.5) is 0 Å². The van der Waals surface area contributed by atoms with Crippen molar-refractivity contribution in [2.75, 3.05) is 13.2 Å². The fraction of sp³-hybridized carbons (Fsp3) is 0.778. The van der Waals surface area contributed by atoms with E-state index in [1.54, 1.807) is 0 Å². The van der Waals surface area contributed by atoms with Crippen LogP contribution >= 0.6 is 0 Å². The maximum absolute atomic E-state index is 5.32. The molecule has 0 unspecified atom stereocenters. The summed E-state index contributed by atoms with van der Waals surface area (Å²) in [6.45, 7) is 7.47. The molecule has 1 heterocycles. The van der Waals surface area contributed by atoms with Gasteiger partial charge >= 0.3 is 7.12 Å². The van der Waals surface area contributed by atoms with Crippen LogP contribution in [0.25, 0.3) is 0 Å². The monoisotopic (exact) mass is 168 g/mol. The third kappa shape index (κ3) is 3.93. The molecule has 1 fully saturated rings. The molecule has 1 rings (SSSR count). The Morgan fingerprint density at radius 2 is 2.00 bits per heavy atom. The van der Waals surface area contributed by atoms with Crippen molar-refractivity contribution in [1.29, 1.82) is 0 Å². The number of unbranched alkanes of at least 4 members (excludes halogenated alkanes) is 1. The van der Waals surface area contributed by atoms with E-state index >= 15 is 0 Å². The van der Waals surface area contributed by atoms with Crippen molar-refractivity contribution >= 4 is 7.12 Å². The largest absolute Gasteiger partial charge is 0.457 e. The topological polar surface area (TPSA) is 18.5 Å². The van der Waals surface area contributed by atoms with Gasteiger partial charge in [-0.2, -0.15) is 0 Å². The van der Waals surface area contributed by atoms with Gasteiger partial charge in [-0.3, -0.25) is 0 Å². The van der Waals surface area contributed by atoms with Gasteiger partial charge in [0.25, 0.3) is 0 Å². The SMILES string of the molecule is C=C(C)CCCCB1OCCO1. The summed E-state index contributed by atoms with van der Waals surface area (Å²) in [7, 11) is 0.0788. The lowest BCUT2D eigenvalue weighted by atomic mass is 9.82. The molecule has 2 nitrogen and oxygen atoms in total. The minimum absolute atomic E-state index is 0.0788. The number of allylic oxidation sites excluding steroid dienone is 1. The average Bonchev–Trinajstić information content (AvgIpc) is 2.49. The first-order chi connectivity index (χ1) is 5.79. The highest BCUT2D eigenvalue weighted by Crippen LogP contribution is 2.12. The van der Waals surface area contributed by atoms with E-state index in [9.17, 15) is 0 Å². The zero-order valence-corrected chi connectivity index (χ0v) is 7.84. The van der Waals surface area contributed by atoms with Gasteiger partial charge in [0.05, 0.1) is 13.2 Å². The molecule has 0 spiro atoms. The molecule has 0 aliphatic carbocycles. The molecule has 68 valence electrons. The normalized spacial score (nSPS) is 16.9. The highest BCUT2D eigenvalue weighted by atomic mass is 16.6. The van der Waals surface area contributed by atoms with Crippen molar-refractivity contribution in [2.24, 2.45) is 0 Å². The summed E-state index contributed by atoms with van der Waals surface area (Å²) in [5.74, 6) is 0. The number of hydrogen-bond acceptors (Lipinski definition) is 2. The summed E-state index contributed by atoms with van der Waals surface area (Å²) in [6, 6.07) is 0. The Morgan fingerprint density at radius 3 is 2.58 bits per heavy atom. The van der Waals surface area contributed by atoms with E-state index in [0.717, 1.165) is 26.0 Å². The zero-order valence-electron chi connectivity index (χ0n) is 7.84. The van der Waals surface area contributed by atoms with Crippen molar-refractivity contribution in [2.45, 2.75) is 32.5 Å². The molecule has 1 aliphatic rings. The maximum atomic E-state index is 5.32. The number of hydrogen-bond donors (Lipinski definition) is 0. The lowest BCUT2D eigenvalue weighted by Crippen LogP contribution is -2.12. The summed E-state index contributed by atoms with van der Waals surface area (Å²) < 4.78 is 10.6. The van der Waals surface area contributed by atoms with Gasteiger partial charge in [0.2, 0.25) is 0 Å². The Balaban J connectivity index is 1.91. The van der Waals surface area contributed by atoms with E-state index in [1.807, 2.05) is 0 Å². The van der Waals surface area contributed by atoms with Gasteiger partial charge in [0.1, 0.15) is 0 Å². The third-order valence-corrected chi connectivity index (χ3v) is 1.98.